The second-order valence-electron chi connectivity index (χ2n) is 3.44. The van der Waals surface area contributed by atoms with Gasteiger partial charge in [0.15, 0.2) is 5.82 Å². The minimum absolute atomic E-state index is 0.0927. The lowest BCUT2D eigenvalue weighted by Crippen LogP contribution is -2.24. The highest BCUT2D eigenvalue weighted by Gasteiger charge is 2.17. The number of carbonyl (C=O) groups excluding carboxylic acids is 1. The second-order valence-corrected chi connectivity index (χ2v) is 3.82. The smallest absolute Gasteiger partial charge is 0.226 e. The van der Waals surface area contributed by atoms with Crippen molar-refractivity contribution in [3.63, 3.8) is 0 Å². The van der Waals surface area contributed by atoms with Gasteiger partial charge in [0.25, 0.3) is 0 Å². The number of hydrogen-bond acceptors (Lipinski definition) is 3. The van der Waals surface area contributed by atoms with E-state index in [2.05, 4.69) is 20.8 Å². The number of rotatable bonds is 3. The summed E-state index contributed by atoms with van der Waals surface area (Å²) < 4.78 is 0. The van der Waals surface area contributed by atoms with Crippen LogP contribution in [0.1, 0.15) is 17.7 Å². The van der Waals surface area contributed by atoms with Crippen molar-refractivity contribution in [3.8, 4) is 0 Å². The molecule has 0 saturated carbocycles. The molecule has 0 bridgehead atoms. The van der Waals surface area contributed by atoms with E-state index in [4.69, 9.17) is 11.6 Å². The molecule has 15 heavy (non-hydrogen) atoms. The molecule has 5 nitrogen and oxygen atoms in total. The third-order valence-corrected chi connectivity index (χ3v) is 2.57. The van der Waals surface area contributed by atoms with Gasteiger partial charge in [0.05, 0.1) is 0 Å². The van der Waals surface area contributed by atoms with Crippen molar-refractivity contribution in [2.75, 3.05) is 17.7 Å². The summed E-state index contributed by atoms with van der Waals surface area (Å²) in [5.74, 6) is 0.869. The molecule has 0 atom stereocenters. The number of amides is 1. The van der Waals surface area contributed by atoms with E-state index in [1.165, 1.54) is 0 Å². The van der Waals surface area contributed by atoms with Crippen LogP contribution in [0.3, 0.4) is 0 Å². The lowest BCUT2D eigenvalue weighted by atomic mass is 10.1. The lowest BCUT2D eigenvalue weighted by Gasteiger charge is -2.12. The zero-order valence-corrected chi connectivity index (χ0v) is 9.02. The Hall–Kier alpha value is -1.07. The maximum absolute atomic E-state index is 11.3. The highest BCUT2D eigenvalue weighted by Crippen LogP contribution is 2.19. The molecule has 0 saturated heterocycles. The Morgan fingerprint density at radius 2 is 2.47 bits per heavy atom. The zero-order chi connectivity index (χ0) is 10.7. The maximum Gasteiger partial charge on any atom is 0.226 e. The van der Waals surface area contributed by atoms with Gasteiger partial charge in [-0.15, -0.1) is 11.6 Å². The van der Waals surface area contributed by atoms with Gasteiger partial charge in [0.1, 0.15) is 0 Å². The van der Waals surface area contributed by atoms with Crippen LogP contribution < -0.4 is 10.6 Å². The molecule has 1 aliphatic heterocycles. The molecule has 2 rings (SSSR count). The van der Waals surface area contributed by atoms with E-state index in [9.17, 15) is 4.79 Å². The summed E-state index contributed by atoms with van der Waals surface area (Å²) in [4.78, 5) is 11.3. The molecule has 0 radical (unpaired) electrons. The van der Waals surface area contributed by atoms with Crippen LogP contribution in [-0.4, -0.2) is 28.5 Å². The number of carbonyl (C=O) groups is 1. The summed E-state index contributed by atoms with van der Waals surface area (Å²) in [7, 11) is 0. The molecule has 1 aromatic rings. The van der Waals surface area contributed by atoms with E-state index in [-0.39, 0.29) is 5.91 Å². The summed E-state index contributed by atoms with van der Waals surface area (Å²) in [5.41, 5.74) is 2.17. The summed E-state index contributed by atoms with van der Waals surface area (Å²) >= 11 is 5.48. The molecule has 3 N–H and O–H groups in total. The average Bonchev–Trinajstić information content (AvgIpc) is 2.62. The van der Waals surface area contributed by atoms with Gasteiger partial charge in [-0.05, 0) is 0 Å². The molecule has 82 valence electrons. The first-order valence-electron chi connectivity index (χ1n) is 4.94. The van der Waals surface area contributed by atoms with Crippen LogP contribution in [-0.2, 0) is 17.8 Å². The van der Waals surface area contributed by atoms with Gasteiger partial charge in [-0.3, -0.25) is 9.89 Å². The number of nitrogens with one attached hydrogen (secondary N) is 3. The molecular weight excluding hydrogens is 216 g/mol. The van der Waals surface area contributed by atoms with E-state index >= 15 is 0 Å². The number of H-pyrrole nitrogens is 1. The van der Waals surface area contributed by atoms with E-state index in [1.807, 2.05) is 0 Å². The third-order valence-electron chi connectivity index (χ3n) is 2.39. The minimum atomic E-state index is -0.0927. The Balaban J connectivity index is 2.08. The Bertz CT molecular complexity index is 363. The Morgan fingerprint density at radius 3 is 3.27 bits per heavy atom. The van der Waals surface area contributed by atoms with Crippen LogP contribution in [0.4, 0.5) is 5.82 Å². The summed E-state index contributed by atoms with van der Waals surface area (Å²) in [5, 5.41) is 13.0. The number of hydrogen-bond donors (Lipinski definition) is 3. The predicted molar refractivity (Wildman–Crippen MR) is 58.0 cm³/mol. The number of aromatic amines is 1. The minimum Gasteiger partial charge on any atom is -0.312 e. The number of alkyl halides is 1. The van der Waals surface area contributed by atoms with Gasteiger partial charge in [-0.2, -0.15) is 5.10 Å². The average molecular weight is 229 g/mol. The molecule has 0 fully saturated rings. The lowest BCUT2D eigenvalue weighted by molar-refractivity contribution is -0.115. The number of fused-ring (bicyclic) bond motifs is 1. The van der Waals surface area contributed by atoms with E-state index in [1.54, 1.807) is 0 Å². The highest BCUT2D eigenvalue weighted by atomic mass is 35.5. The van der Waals surface area contributed by atoms with Gasteiger partial charge in [-0.1, -0.05) is 0 Å². The summed E-state index contributed by atoms with van der Waals surface area (Å²) in [6.07, 6.45) is 1.24. The van der Waals surface area contributed by atoms with Crippen LogP contribution in [0.15, 0.2) is 0 Å². The fourth-order valence-corrected chi connectivity index (χ4v) is 1.78. The molecule has 0 spiro atoms. The van der Waals surface area contributed by atoms with Crippen molar-refractivity contribution in [1.29, 1.82) is 0 Å². The fourth-order valence-electron chi connectivity index (χ4n) is 1.61. The SMILES string of the molecule is O=C(CCCl)Nc1n[nH]c2c1CNCC2. The topological polar surface area (TPSA) is 69.8 Å². The first-order valence-corrected chi connectivity index (χ1v) is 5.47. The molecule has 6 heteroatoms. The fraction of sp³-hybridized carbons (Fsp3) is 0.556. The molecule has 1 aliphatic rings. The van der Waals surface area contributed by atoms with Crippen molar-refractivity contribution in [2.45, 2.75) is 19.4 Å². The van der Waals surface area contributed by atoms with Crippen LogP contribution in [0, 0.1) is 0 Å². The molecule has 1 amide bonds. The molecule has 0 aromatic carbocycles. The Labute approximate surface area is 92.6 Å². The molecule has 0 unspecified atom stereocenters. The molecule has 2 heterocycles. The quantitative estimate of drug-likeness (QED) is 0.665. The van der Waals surface area contributed by atoms with Gasteiger partial charge in [0.2, 0.25) is 5.91 Å². The van der Waals surface area contributed by atoms with Crippen LogP contribution in [0.5, 0.6) is 0 Å². The number of aromatic nitrogens is 2. The normalized spacial score (nSPS) is 14.7. The predicted octanol–water partition coefficient (Wildman–Crippen LogP) is 0.623. The van der Waals surface area contributed by atoms with Gasteiger partial charge in [0, 0.05) is 43.1 Å². The van der Waals surface area contributed by atoms with Gasteiger partial charge in [-0.25, -0.2) is 0 Å². The third kappa shape index (κ3) is 2.30. The maximum atomic E-state index is 11.3. The van der Waals surface area contributed by atoms with Crippen molar-refractivity contribution < 1.29 is 4.79 Å². The van der Waals surface area contributed by atoms with Crippen LogP contribution in [0.2, 0.25) is 0 Å². The summed E-state index contributed by atoms with van der Waals surface area (Å²) in [6, 6.07) is 0. The Morgan fingerprint density at radius 1 is 1.60 bits per heavy atom. The van der Waals surface area contributed by atoms with Gasteiger partial charge < -0.3 is 10.6 Å². The first kappa shape index (κ1) is 10.4. The molecular formula is C9H13ClN4O. The van der Waals surface area contributed by atoms with Gasteiger partial charge >= 0.3 is 0 Å². The van der Waals surface area contributed by atoms with Crippen molar-refractivity contribution >= 4 is 23.3 Å². The highest BCUT2D eigenvalue weighted by molar-refractivity contribution is 6.19. The Kier molecular flexibility index (Phi) is 3.23. The largest absolute Gasteiger partial charge is 0.312 e. The van der Waals surface area contributed by atoms with Crippen molar-refractivity contribution in [2.24, 2.45) is 0 Å². The monoisotopic (exact) mass is 228 g/mol. The van der Waals surface area contributed by atoms with Crippen molar-refractivity contribution in [3.05, 3.63) is 11.3 Å². The second kappa shape index (κ2) is 4.63. The van der Waals surface area contributed by atoms with E-state index < -0.39 is 0 Å². The first-order chi connectivity index (χ1) is 7.31. The number of nitrogens with zero attached hydrogens (tertiary/aromatic N) is 1. The molecule has 1 aromatic heterocycles. The standard InChI is InChI=1S/C9H13ClN4O/c10-3-1-8(15)12-9-6-5-11-4-2-7(6)13-14-9/h11H,1-5H2,(H2,12,13,14,15). The van der Waals surface area contributed by atoms with Crippen LogP contribution in [0.25, 0.3) is 0 Å². The van der Waals surface area contributed by atoms with E-state index in [0.717, 1.165) is 30.8 Å². The zero-order valence-electron chi connectivity index (χ0n) is 8.27. The van der Waals surface area contributed by atoms with Crippen molar-refractivity contribution in [1.82, 2.24) is 15.5 Å². The van der Waals surface area contributed by atoms with E-state index in [0.29, 0.717) is 18.1 Å². The number of halogens is 1. The summed E-state index contributed by atoms with van der Waals surface area (Å²) in [6.45, 7) is 1.70. The molecule has 0 aliphatic carbocycles. The number of anilines is 1. The van der Waals surface area contributed by atoms with Crippen LogP contribution >= 0.6 is 11.6 Å².